The Balaban J connectivity index is 0.863. The van der Waals surface area contributed by atoms with Gasteiger partial charge in [-0.2, -0.15) is 0 Å². The average Bonchev–Trinajstić information content (AvgIpc) is 4.13. The van der Waals surface area contributed by atoms with E-state index in [0.717, 1.165) is 100 Å². The van der Waals surface area contributed by atoms with E-state index in [-0.39, 0.29) is 0 Å². The molecule has 15 rings (SSSR count). The summed E-state index contributed by atoms with van der Waals surface area (Å²) in [5.74, 6) is 1.74. The van der Waals surface area contributed by atoms with Gasteiger partial charge in [0, 0.05) is 21.9 Å². The summed E-state index contributed by atoms with van der Waals surface area (Å²) >= 11 is 0. The maximum Gasteiger partial charge on any atom is 0.149 e. The summed E-state index contributed by atoms with van der Waals surface area (Å²) < 4.78 is 4.41. The maximum atomic E-state index is 5.25. The smallest absolute Gasteiger partial charge is 0.149 e. The van der Waals surface area contributed by atoms with Crippen molar-refractivity contribution in [3.63, 3.8) is 0 Å². The minimum absolute atomic E-state index is 0.592. The zero-order valence-electron chi connectivity index (χ0n) is 38.3. The molecule has 0 atom stereocenters. The Labute approximate surface area is 408 Å². The number of fused-ring (bicyclic) bond motifs is 13. The Morgan fingerprint density at radius 1 is 0.282 bits per heavy atom. The molecule has 14 aromatic rings. The van der Waals surface area contributed by atoms with Gasteiger partial charge in [-0.3, -0.25) is 8.80 Å². The summed E-state index contributed by atoms with van der Waals surface area (Å²) in [7, 11) is 0. The van der Waals surface area contributed by atoms with Gasteiger partial charge in [-0.05, 0) is 116 Å². The second kappa shape index (κ2) is 15.2. The zero-order valence-corrected chi connectivity index (χ0v) is 38.3. The molecule has 1 aliphatic rings. The molecule has 0 fully saturated rings. The van der Waals surface area contributed by atoms with E-state index in [1.165, 1.54) is 33.4 Å². The minimum atomic E-state index is -0.592. The van der Waals surface area contributed by atoms with E-state index in [2.05, 4.69) is 227 Å². The van der Waals surface area contributed by atoms with Crippen molar-refractivity contribution in [3.8, 4) is 56.2 Å². The normalized spacial score (nSPS) is 12.9. The highest BCUT2D eigenvalue weighted by Gasteiger charge is 2.46. The van der Waals surface area contributed by atoms with Crippen molar-refractivity contribution < 1.29 is 0 Å². The van der Waals surface area contributed by atoms with Crippen LogP contribution in [0.2, 0.25) is 0 Å². The molecule has 0 saturated heterocycles. The van der Waals surface area contributed by atoms with Crippen molar-refractivity contribution in [1.82, 2.24) is 28.7 Å². The minimum Gasteiger partial charge on any atom is -0.276 e. The van der Waals surface area contributed by atoms with Crippen molar-refractivity contribution in [2.75, 3.05) is 0 Å². The highest BCUT2D eigenvalue weighted by atomic mass is 15.1. The van der Waals surface area contributed by atoms with Crippen LogP contribution >= 0.6 is 0 Å². The predicted molar refractivity (Wildman–Crippen MR) is 289 cm³/mol. The molecule has 0 N–H and O–H groups in total. The highest BCUT2D eigenvalue weighted by Crippen LogP contribution is 2.57. The van der Waals surface area contributed by atoms with Gasteiger partial charge in [-0.1, -0.05) is 182 Å². The third kappa shape index (κ3) is 5.82. The van der Waals surface area contributed by atoms with Crippen LogP contribution in [0.25, 0.3) is 111 Å². The summed E-state index contributed by atoms with van der Waals surface area (Å²) in [6, 6.07) is 87.2. The molecule has 6 heteroatoms. The summed E-state index contributed by atoms with van der Waals surface area (Å²) in [6.45, 7) is 0. The lowest BCUT2D eigenvalue weighted by atomic mass is 9.67. The topological polar surface area (TPSA) is 60.4 Å². The number of benzene rings is 10. The second-order valence-corrected chi connectivity index (χ2v) is 18.6. The number of hydrogen-bond acceptors (Lipinski definition) is 4. The van der Waals surface area contributed by atoms with Crippen molar-refractivity contribution in [1.29, 1.82) is 0 Å². The van der Waals surface area contributed by atoms with Gasteiger partial charge in [0.25, 0.3) is 0 Å². The summed E-state index contributed by atoms with van der Waals surface area (Å²) in [5.41, 5.74) is 21.2. The van der Waals surface area contributed by atoms with Crippen LogP contribution in [0.1, 0.15) is 22.3 Å². The molecule has 0 aliphatic heterocycles. The molecule has 0 amide bonds. The maximum absolute atomic E-state index is 5.25. The largest absolute Gasteiger partial charge is 0.276 e. The number of hydrogen-bond donors (Lipinski definition) is 0. The number of aromatic nitrogens is 6. The zero-order chi connectivity index (χ0) is 46.6. The second-order valence-electron chi connectivity index (χ2n) is 18.6. The molecule has 71 heavy (non-hydrogen) atoms. The van der Waals surface area contributed by atoms with Gasteiger partial charge >= 0.3 is 0 Å². The standard InChI is InChI=1S/C65H40N6/c1-3-15-47(16-4-1)65(48-17-5-2-6-18-48)53-39-45(41-27-31-43(32-28-41)61-66-55-21-9-7-19-51(55)63-68-57-23-11-13-25-59(57)70(61)63)35-37-49(53)50-38-36-46(40-54(50)65)42-29-33-44(34-30-42)62-67-56-22-10-8-20-52(56)64-69-58-24-12-14-26-60(58)71(62)64/h1-40H. The molecule has 0 saturated carbocycles. The van der Waals surface area contributed by atoms with Crippen LogP contribution in [0.3, 0.4) is 0 Å². The Hall–Kier alpha value is -9.52. The fraction of sp³-hybridized carbons (Fsp3) is 0.0154. The molecule has 330 valence electrons. The van der Waals surface area contributed by atoms with Crippen molar-refractivity contribution >= 4 is 55.2 Å². The van der Waals surface area contributed by atoms with E-state index in [1.54, 1.807) is 0 Å². The van der Waals surface area contributed by atoms with E-state index in [1.807, 2.05) is 24.3 Å². The Morgan fingerprint density at radius 3 is 1.07 bits per heavy atom. The molecule has 10 aromatic carbocycles. The highest BCUT2D eigenvalue weighted by molar-refractivity contribution is 6.00. The first-order valence-corrected chi connectivity index (χ1v) is 24.1. The lowest BCUT2D eigenvalue weighted by molar-refractivity contribution is 0.769. The first kappa shape index (κ1) is 39.5. The van der Waals surface area contributed by atoms with Gasteiger partial charge in [-0.25, -0.2) is 19.9 Å². The Morgan fingerprint density at radius 2 is 0.634 bits per heavy atom. The summed E-state index contributed by atoms with van der Waals surface area (Å²) in [4.78, 5) is 20.7. The molecular formula is C65H40N6. The monoisotopic (exact) mass is 904 g/mol. The van der Waals surface area contributed by atoms with E-state index < -0.39 is 5.41 Å². The number of nitrogens with zero attached hydrogens (tertiary/aromatic N) is 6. The SMILES string of the molecule is c1ccc(C2(c3ccccc3)c3cc(-c4ccc(-c5nc6ccccc6c6nc7ccccc7n56)cc4)ccc3-c3ccc(-c4ccc(-c5nc6ccccc6c6nc7ccccc7n56)cc4)cc32)cc1. The van der Waals surface area contributed by atoms with E-state index >= 15 is 0 Å². The van der Waals surface area contributed by atoms with Crippen LogP contribution in [0, 0.1) is 0 Å². The first-order valence-electron chi connectivity index (χ1n) is 24.1. The molecule has 4 aromatic heterocycles. The van der Waals surface area contributed by atoms with E-state index in [4.69, 9.17) is 19.9 Å². The first-order chi connectivity index (χ1) is 35.2. The van der Waals surface area contributed by atoms with Crippen LogP contribution in [0.15, 0.2) is 243 Å². The summed E-state index contributed by atoms with van der Waals surface area (Å²) in [6.07, 6.45) is 0. The van der Waals surface area contributed by atoms with Gasteiger partial charge < -0.3 is 0 Å². The van der Waals surface area contributed by atoms with Gasteiger partial charge in [0.1, 0.15) is 22.9 Å². The van der Waals surface area contributed by atoms with Crippen LogP contribution in [-0.2, 0) is 5.41 Å². The lowest BCUT2D eigenvalue weighted by Gasteiger charge is -2.34. The Bertz CT molecular complexity index is 4150. The van der Waals surface area contributed by atoms with Crippen molar-refractivity contribution in [2.24, 2.45) is 0 Å². The molecule has 0 bridgehead atoms. The van der Waals surface area contributed by atoms with Crippen LogP contribution in [0.4, 0.5) is 0 Å². The number of rotatable bonds is 6. The molecule has 4 heterocycles. The third-order valence-electron chi connectivity index (χ3n) is 14.8. The molecule has 0 unspecified atom stereocenters. The van der Waals surface area contributed by atoms with Crippen molar-refractivity contribution in [3.05, 3.63) is 265 Å². The summed E-state index contributed by atoms with van der Waals surface area (Å²) in [5, 5.41) is 2.07. The van der Waals surface area contributed by atoms with Crippen LogP contribution in [0.5, 0.6) is 0 Å². The van der Waals surface area contributed by atoms with Crippen LogP contribution in [-0.4, -0.2) is 28.7 Å². The third-order valence-corrected chi connectivity index (χ3v) is 14.8. The van der Waals surface area contributed by atoms with Gasteiger partial charge in [-0.15, -0.1) is 0 Å². The van der Waals surface area contributed by atoms with E-state index in [0.29, 0.717) is 0 Å². The van der Waals surface area contributed by atoms with Crippen LogP contribution < -0.4 is 0 Å². The molecule has 6 nitrogen and oxygen atoms in total. The molecule has 0 spiro atoms. The average molecular weight is 905 g/mol. The number of para-hydroxylation sites is 6. The fourth-order valence-electron chi connectivity index (χ4n) is 11.5. The fourth-order valence-corrected chi connectivity index (χ4v) is 11.5. The van der Waals surface area contributed by atoms with E-state index in [9.17, 15) is 0 Å². The molecule has 0 radical (unpaired) electrons. The number of imidazole rings is 2. The predicted octanol–water partition coefficient (Wildman–Crippen LogP) is 15.4. The van der Waals surface area contributed by atoms with Gasteiger partial charge in [0.05, 0.1) is 38.5 Å². The van der Waals surface area contributed by atoms with Gasteiger partial charge in [0.2, 0.25) is 0 Å². The lowest BCUT2D eigenvalue weighted by Crippen LogP contribution is -2.28. The Kier molecular flexibility index (Phi) is 8.47. The van der Waals surface area contributed by atoms with Crippen molar-refractivity contribution in [2.45, 2.75) is 5.41 Å². The molecule has 1 aliphatic carbocycles. The molecular weight excluding hydrogens is 865 g/mol. The van der Waals surface area contributed by atoms with Gasteiger partial charge in [0.15, 0.2) is 0 Å². The quantitative estimate of drug-likeness (QED) is 0.167.